The number of methoxy groups -OCH3 is 1. The number of ether oxygens (including phenoxy) is 1. The third-order valence-corrected chi connectivity index (χ3v) is 2.51. The predicted molar refractivity (Wildman–Crippen MR) is 50.3 cm³/mol. The first kappa shape index (κ1) is 12.1. The first-order chi connectivity index (χ1) is 6.10. The zero-order valence-electron chi connectivity index (χ0n) is 8.63. The lowest BCUT2D eigenvalue weighted by Crippen LogP contribution is -2.28. The molecule has 0 amide bonds. The SMILES string of the molecule is CCC(C)(CCCC=O)C(=O)OC. The van der Waals surface area contributed by atoms with E-state index in [0.717, 1.165) is 25.5 Å². The van der Waals surface area contributed by atoms with Crippen molar-refractivity contribution >= 4 is 12.3 Å². The summed E-state index contributed by atoms with van der Waals surface area (Å²) in [6.07, 6.45) is 3.62. The van der Waals surface area contributed by atoms with Crippen LogP contribution in [0.15, 0.2) is 0 Å². The van der Waals surface area contributed by atoms with Crippen LogP contribution in [0.2, 0.25) is 0 Å². The van der Waals surface area contributed by atoms with Crippen LogP contribution in [0, 0.1) is 5.41 Å². The number of esters is 1. The maximum atomic E-state index is 11.3. The van der Waals surface area contributed by atoms with Crippen molar-refractivity contribution in [2.24, 2.45) is 5.41 Å². The maximum absolute atomic E-state index is 11.3. The van der Waals surface area contributed by atoms with E-state index in [9.17, 15) is 9.59 Å². The minimum Gasteiger partial charge on any atom is -0.469 e. The molecule has 13 heavy (non-hydrogen) atoms. The predicted octanol–water partition coefficient (Wildman–Crippen LogP) is 1.94. The van der Waals surface area contributed by atoms with E-state index in [2.05, 4.69) is 0 Å². The molecule has 0 heterocycles. The van der Waals surface area contributed by atoms with Gasteiger partial charge < -0.3 is 9.53 Å². The third kappa shape index (κ3) is 3.57. The fourth-order valence-corrected chi connectivity index (χ4v) is 1.25. The Hall–Kier alpha value is -0.860. The van der Waals surface area contributed by atoms with Gasteiger partial charge in [0.05, 0.1) is 12.5 Å². The minimum atomic E-state index is -0.419. The second-order valence-electron chi connectivity index (χ2n) is 3.46. The summed E-state index contributed by atoms with van der Waals surface area (Å²) < 4.78 is 4.71. The quantitative estimate of drug-likeness (QED) is 0.362. The van der Waals surface area contributed by atoms with E-state index >= 15 is 0 Å². The Labute approximate surface area is 79.5 Å². The van der Waals surface area contributed by atoms with Gasteiger partial charge in [-0.05, 0) is 26.2 Å². The molecule has 0 radical (unpaired) electrons. The first-order valence-electron chi connectivity index (χ1n) is 4.62. The van der Waals surface area contributed by atoms with Gasteiger partial charge in [-0.2, -0.15) is 0 Å². The van der Waals surface area contributed by atoms with Crippen molar-refractivity contribution in [1.82, 2.24) is 0 Å². The monoisotopic (exact) mass is 186 g/mol. The highest BCUT2D eigenvalue weighted by Crippen LogP contribution is 2.29. The summed E-state index contributed by atoms with van der Waals surface area (Å²) >= 11 is 0. The van der Waals surface area contributed by atoms with E-state index in [-0.39, 0.29) is 5.97 Å². The highest BCUT2D eigenvalue weighted by Gasteiger charge is 2.31. The van der Waals surface area contributed by atoms with Crippen molar-refractivity contribution in [3.63, 3.8) is 0 Å². The molecule has 0 bridgehead atoms. The van der Waals surface area contributed by atoms with Crippen molar-refractivity contribution in [2.45, 2.75) is 39.5 Å². The number of aldehydes is 1. The maximum Gasteiger partial charge on any atom is 0.311 e. The summed E-state index contributed by atoms with van der Waals surface area (Å²) in [6, 6.07) is 0. The lowest BCUT2D eigenvalue weighted by atomic mass is 9.82. The minimum absolute atomic E-state index is 0.180. The molecule has 1 atom stereocenters. The molecule has 3 nitrogen and oxygen atoms in total. The van der Waals surface area contributed by atoms with Gasteiger partial charge >= 0.3 is 5.97 Å². The smallest absolute Gasteiger partial charge is 0.311 e. The first-order valence-corrected chi connectivity index (χ1v) is 4.62. The van der Waals surface area contributed by atoms with Gasteiger partial charge in [-0.25, -0.2) is 0 Å². The molecule has 0 fully saturated rings. The van der Waals surface area contributed by atoms with Crippen LogP contribution in [0.4, 0.5) is 0 Å². The average Bonchev–Trinajstić information content (AvgIpc) is 2.16. The van der Waals surface area contributed by atoms with Crippen LogP contribution in [0.5, 0.6) is 0 Å². The van der Waals surface area contributed by atoms with Crippen molar-refractivity contribution in [2.75, 3.05) is 7.11 Å². The molecule has 3 heteroatoms. The van der Waals surface area contributed by atoms with Crippen LogP contribution >= 0.6 is 0 Å². The molecule has 0 rings (SSSR count). The van der Waals surface area contributed by atoms with Crippen LogP contribution in [0.1, 0.15) is 39.5 Å². The van der Waals surface area contributed by atoms with E-state index in [1.54, 1.807) is 0 Å². The molecule has 0 aliphatic heterocycles. The topological polar surface area (TPSA) is 43.4 Å². The third-order valence-electron chi connectivity index (χ3n) is 2.51. The van der Waals surface area contributed by atoms with Crippen LogP contribution in [-0.2, 0) is 14.3 Å². The second-order valence-corrected chi connectivity index (χ2v) is 3.46. The van der Waals surface area contributed by atoms with E-state index in [4.69, 9.17) is 4.74 Å². The Kier molecular flexibility index (Phi) is 5.35. The van der Waals surface area contributed by atoms with Gasteiger partial charge in [0.25, 0.3) is 0 Å². The molecule has 0 aromatic rings. The van der Waals surface area contributed by atoms with Gasteiger partial charge in [0.2, 0.25) is 0 Å². The molecule has 0 saturated heterocycles. The molecule has 0 aliphatic carbocycles. The zero-order valence-corrected chi connectivity index (χ0v) is 8.63. The summed E-state index contributed by atoms with van der Waals surface area (Å²) in [5.41, 5.74) is -0.419. The number of carbonyl (C=O) groups is 2. The molecule has 0 spiro atoms. The molecule has 1 unspecified atom stereocenters. The average molecular weight is 186 g/mol. The lowest BCUT2D eigenvalue weighted by Gasteiger charge is -2.24. The van der Waals surface area contributed by atoms with Crippen molar-refractivity contribution in [1.29, 1.82) is 0 Å². The van der Waals surface area contributed by atoms with Crippen LogP contribution in [0.25, 0.3) is 0 Å². The van der Waals surface area contributed by atoms with Crippen LogP contribution < -0.4 is 0 Å². The molecule has 0 aromatic heterocycles. The van der Waals surface area contributed by atoms with Crippen LogP contribution in [0.3, 0.4) is 0 Å². The van der Waals surface area contributed by atoms with Gasteiger partial charge in [-0.1, -0.05) is 6.92 Å². The Morgan fingerprint density at radius 1 is 1.54 bits per heavy atom. The molecule has 0 aromatic carbocycles. The van der Waals surface area contributed by atoms with Gasteiger partial charge in [0.15, 0.2) is 0 Å². The highest BCUT2D eigenvalue weighted by atomic mass is 16.5. The number of unbranched alkanes of at least 4 members (excludes halogenated alkanes) is 1. The van der Waals surface area contributed by atoms with Crippen LogP contribution in [-0.4, -0.2) is 19.4 Å². The fourth-order valence-electron chi connectivity index (χ4n) is 1.25. The van der Waals surface area contributed by atoms with Crippen molar-refractivity contribution in [3.8, 4) is 0 Å². The Balaban J connectivity index is 4.10. The zero-order chi connectivity index (χ0) is 10.3. The molecular formula is C10H18O3. The van der Waals surface area contributed by atoms with Gasteiger partial charge in [0.1, 0.15) is 6.29 Å². The van der Waals surface area contributed by atoms with Crippen molar-refractivity contribution < 1.29 is 14.3 Å². The molecular weight excluding hydrogens is 168 g/mol. The summed E-state index contributed by atoms with van der Waals surface area (Å²) in [5, 5.41) is 0. The number of hydrogen-bond acceptors (Lipinski definition) is 3. The van der Waals surface area contributed by atoms with E-state index in [0.29, 0.717) is 6.42 Å². The normalized spacial score (nSPS) is 14.7. The van der Waals surface area contributed by atoms with Crippen molar-refractivity contribution in [3.05, 3.63) is 0 Å². The van der Waals surface area contributed by atoms with E-state index in [1.165, 1.54) is 7.11 Å². The summed E-state index contributed by atoms with van der Waals surface area (Å²) in [6.45, 7) is 3.83. The second kappa shape index (κ2) is 5.73. The van der Waals surface area contributed by atoms with Gasteiger partial charge in [0, 0.05) is 6.42 Å². The Morgan fingerprint density at radius 3 is 2.54 bits per heavy atom. The summed E-state index contributed by atoms with van der Waals surface area (Å²) in [4.78, 5) is 21.5. The molecule has 0 aliphatic rings. The highest BCUT2D eigenvalue weighted by molar-refractivity contribution is 5.76. The van der Waals surface area contributed by atoms with E-state index in [1.807, 2.05) is 13.8 Å². The van der Waals surface area contributed by atoms with Gasteiger partial charge in [-0.15, -0.1) is 0 Å². The molecule has 76 valence electrons. The fraction of sp³-hybridized carbons (Fsp3) is 0.800. The molecule has 0 N–H and O–H groups in total. The number of rotatable bonds is 6. The largest absolute Gasteiger partial charge is 0.469 e. The lowest BCUT2D eigenvalue weighted by molar-refractivity contribution is -0.152. The van der Waals surface area contributed by atoms with E-state index < -0.39 is 5.41 Å². The Bertz CT molecular complexity index is 177. The summed E-state index contributed by atoms with van der Waals surface area (Å²) in [5.74, 6) is -0.180. The molecule has 0 saturated carbocycles. The number of hydrogen-bond donors (Lipinski definition) is 0. The Morgan fingerprint density at radius 2 is 2.15 bits per heavy atom. The summed E-state index contributed by atoms with van der Waals surface area (Å²) in [7, 11) is 1.40. The standard InChI is InChI=1S/C10H18O3/c1-4-10(2,9(12)13-3)7-5-6-8-11/h8H,4-7H2,1-3H3. The number of carbonyl (C=O) groups excluding carboxylic acids is 2. The van der Waals surface area contributed by atoms with Gasteiger partial charge in [-0.3, -0.25) is 4.79 Å².